The summed E-state index contributed by atoms with van der Waals surface area (Å²) in [5.41, 5.74) is 5.93. The molecule has 0 spiro atoms. The third-order valence-electron chi connectivity index (χ3n) is 6.14. The fraction of sp³-hybridized carbons (Fsp3) is 0.269. The van der Waals surface area contributed by atoms with Gasteiger partial charge in [0, 0.05) is 32.7 Å². The maximum atomic E-state index is 12.3. The number of aliphatic hydroxyl groups excluding tert-OH is 1. The third-order valence-corrected chi connectivity index (χ3v) is 6.14. The van der Waals surface area contributed by atoms with E-state index in [1.165, 1.54) is 21.3 Å². The van der Waals surface area contributed by atoms with Crippen molar-refractivity contribution in [2.45, 2.75) is 13.3 Å². The molecular formula is C26H27N3O4. The minimum Gasteiger partial charge on any atom is -0.405 e. The lowest BCUT2D eigenvalue weighted by atomic mass is 10.0. The van der Waals surface area contributed by atoms with Gasteiger partial charge in [-0.3, -0.25) is 4.90 Å². The molecule has 0 saturated carbocycles. The lowest BCUT2D eigenvalue weighted by molar-refractivity contribution is -0.0360. The minimum absolute atomic E-state index is 0.0401. The van der Waals surface area contributed by atoms with Crippen molar-refractivity contribution in [3.05, 3.63) is 88.9 Å². The molecule has 1 aliphatic heterocycles. The summed E-state index contributed by atoms with van der Waals surface area (Å²) in [6, 6.07) is 24.9. The van der Waals surface area contributed by atoms with Gasteiger partial charge in [0.15, 0.2) is 5.58 Å². The maximum absolute atomic E-state index is 12.3. The zero-order valence-electron chi connectivity index (χ0n) is 18.4. The molecule has 3 aromatic carbocycles. The highest BCUT2D eigenvalue weighted by atomic mass is 16.6. The van der Waals surface area contributed by atoms with Crippen molar-refractivity contribution in [1.82, 2.24) is 9.47 Å². The number of piperazine rings is 1. The molecule has 5 rings (SSSR count). The summed E-state index contributed by atoms with van der Waals surface area (Å²) in [5.74, 6) is -0.483. The minimum atomic E-state index is -0.483. The molecule has 0 atom stereocenters. The first-order valence-corrected chi connectivity index (χ1v) is 11.2. The molecule has 0 unspecified atom stereocenters. The van der Waals surface area contributed by atoms with E-state index < -0.39 is 12.5 Å². The Morgan fingerprint density at radius 2 is 1.64 bits per heavy atom. The highest BCUT2D eigenvalue weighted by Gasteiger charge is 2.22. The fourth-order valence-corrected chi connectivity index (χ4v) is 4.46. The number of ether oxygens (including phenoxy) is 1. The predicted molar refractivity (Wildman–Crippen MR) is 128 cm³/mol. The van der Waals surface area contributed by atoms with Gasteiger partial charge in [-0.05, 0) is 34.9 Å². The lowest BCUT2D eigenvalue weighted by Gasteiger charge is -2.36. The second-order valence-corrected chi connectivity index (χ2v) is 8.21. The van der Waals surface area contributed by atoms with Crippen LogP contribution >= 0.6 is 0 Å². The molecule has 7 heteroatoms. The van der Waals surface area contributed by atoms with E-state index in [0.29, 0.717) is 11.1 Å². The van der Waals surface area contributed by atoms with Crippen molar-refractivity contribution in [3.63, 3.8) is 0 Å². The van der Waals surface area contributed by atoms with E-state index in [1.807, 2.05) is 24.3 Å². The summed E-state index contributed by atoms with van der Waals surface area (Å²) < 4.78 is 11.9. The van der Waals surface area contributed by atoms with Crippen LogP contribution in [0.5, 0.6) is 0 Å². The van der Waals surface area contributed by atoms with Crippen molar-refractivity contribution in [1.29, 1.82) is 0 Å². The molecule has 1 N–H and O–H groups in total. The van der Waals surface area contributed by atoms with E-state index in [2.05, 4.69) is 58.3 Å². The summed E-state index contributed by atoms with van der Waals surface area (Å²) >= 11 is 0. The monoisotopic (exact) mass is 445 g/mol. The van der Waals surface area contributed by atoms with Crippen LogP contribution in [-0.4, -0.2) is 47.5 Å². The first kappa shape index (κ1) is 21.5. The number of fused-ring (bicyclic) bond motifs is 1. The largest absolute Gasteiger partial charge is 0.421 e. The van der Waals surface area contributed by atoms with Crippen LogP contribution in [0, 0.1) is 0 Å². The molecule has 33 heavy (non-hydrogen) atoms. The van der Waals surface area contributed by atoms with Gasteiger partial charge in [0.05, 0.1) is 11.2 Å². The number of para-hydroxylation sites is 1. The summed E-state index contributed by atoms with van der Waals surface area (Å²) in [4.78, 5) is 17.0. The van der Waals surface area contributed by atoms with Crippen LogP contribution < -0.4 is 10.7 Å². The Morgan fingerprint density at radius 3 is 2.42 bits per heavy atom. The van der Waals surface area contributed by atoms with Gasteiger partial charge in [-0.15, -0.1) is 0 Å². The van der Waals surface area contributed by atoms with E-state index in [4.69, 9.17) is 14.3 Å². The van der Waals surface area contributed by atoms with Crippen LogP contribution in [0.1, 0.15) is 5.56 Å². The highest BCUT2D eigenvalue weighted by molar-refractivity contribution is 5.87. The maximum Gasteiger partial charge on any atom is 0.421 e. The molecular weight excluding hydrogens is 418 g/mol. The lowest BCUT2D eigenvalue weighted by Crippen LogP contribution is -2.46. The average molecular weight is 446 g/mol. The van der Waals surface area contributed by atoms with E-state index in [0.717, 1.165) is 38.4 Å². The highest BCUT2D eigenvalue weighted by Crippen LogP contribution is 2.28. The smallest absolute Gasteiger partial charge is 0.405 e. The Kier molecular flexibility index (Phi) is 6.26. The van der Waals surface area contributed by atoms with Crippen molar-refractivity contribution in [2.75, 3.05) is 37.9 Å². The molecule has 4 aromatic rings. The number of anilines is 1. The first-order chi connectivity index (χ1) is 16.2. The standard InChI is InChI=1S/C26H27N3O4/c30-19-32-18-29-24-11-5-10-23(25(24)33-26(29)31)28-14-12-27(13-15-28)17-20-6-4-9-22(16-20)21-7-2-1-3-8-21/h1-11,16,30H,12-15,17-19H2. The van der Waals surface area contributed by atoms with Crippen LogP contribution in [0.25, 0.3) is 22.2 Å². The molecule has 0 radical (unpaired) electrons. The zero-order valence-corrected chi connectivity index (χ0v) is 18.4. The van der Waals surface area contributed by atoms with Crippen molar-refractivity contribution in [2.24, 2.45) is 0 Å². The Labute approximate surface area is 192 Å². The van der Waals surface area contributed by atoms with Crippen LogP contribution in [0.3, 0.4) is 0 Å². The number of oxazole rings is 1. The van der Waals surface area contributed by atoms with Gasteiger partial charge in [-0.25, -0.2) is 9.36 Å². The number of rotatable bonds is 7. The molecule has 1 aliphatic rings. The Balaban J connectivity index is 1.27. The van der Waals surface area contributed by atoms with E-state index in [-0.39, 0.29) is 6.73 Å². The molecule has 1 saturated heterocycles. The second-order valence-electron chi connectivity index (χ2n) is 8.21. The van der Waals surface area contributed by atoms with Gasteiger partial charge in [0.1, 0.15) is 13.5 Å². The molecule has 1 aromatic heterocycles. The van der Waals surface area contributed by atoms with Gasteiger partial charge in [0.2, 0.25) is 0 Å². The summed E-state index contributed by atoms with van der Waals surface area (Å²) in [5, 5.41) is 8.91. The molecule has 7 nitrogen and oxygen atoms in total. The average Bonchev–Trinajstić information content (AvgIpc) is 3.19. The number of hydrogen-bond acceptors (Lipinski definition) is 6. The van der Waals surface area contributed by atoms with Crippen molar-refractivity contribution < 1.29 is 14.3 Å². The third kappa shape index (κ3) is 4.57. The number of aromatic nitrogens is 1. The van der Waals surface area contributed by atoms with Crippen molar-refractivity contribution >= 4 is 16.8 Å². The predicted octanol–water partition coefficient (Wildman–Crippen LogP) is 3.51. The molecule has 2 heterocycles. The summed E-state index contributed by atoms with van der Waals surface area (Å²) in [6.07, 6.45) is 0. The summed E-state index contributed by atoms with van der Waals surface area (Å²) in [6.45, 7) is 3.95. The van der Waals surface area contributed by atoms with Gasteiger partial charge in [-0.2, -0.15) is 0 Å². The topological polar surface area (TPSA) is 71.1 Å². The van der Waals surface area contributed by atoms with E-state index in [1.54, 1.807) is 0 Å². The quantitative estimate of drug-likeness (QED) is 0.439. The number of nitrogens with zero attached hydrogens (tertiary/aromatic N) is 3. The van der Waals surface area contributed by atoms with Crippen LogP contribution in [0.2, 0.25) is 0 Å². The SMILES string of the molecule is O=c1oc2c(N3CCN(Cc4cccc(-c5ccccc5)c4)CC3)cccc2n1COCO. The van der Waals surface area contributed by atoms with Gasteiger partial charge in [0.25, 0.3) is 0 Å². The van der Waals surface area contributed by atoms with Gasteiger partial charge in [-0.1, -0.05) is 54.6 Å². The van der Waals surface area contributed by atoms with Crippen LogP contribution in [0.4, 0.5) is 5.69 Å². The summed E-state index contributed by atoms with van der Waals surface area (Å²) in [7, 11) is 0. The fourth-order valence-electron chi connectivity index (χ4n) is 4.46. The number of benzene rings is 3. The number of hydrogen-bond donors (Lipinski definition) is 1. The molecule has 0 aliphatic carbocycles. The molecule has 1 fully saturated rings. The molecule has 0 bridgehead atoms. The Bertz CT molecular complexity index is 1270. The molecule has 0 amide bonds. The van der Waals surface area contributed by atoms with E-state index in [9.17, 15) is 4.79 Å². The zero-order chi connectivity index (χ0) is 22.6. The van der Waals surface area contributed by atoms with Gasteiger partial charge >= 0.3 is 5.76 Å². The number of aliphatic hydroxyl groups is 1. The van der Waals surface area contributed by atoms with Crippen molar-refractivity contribution in [3.8, 4) is 11.1 Å². The van der Waals surface area contributed by atoms with Crippen LogP contribution in [0.15, 0.2) is 82.0 Å². The Morgan fingerprint density at radius 1 is 0.879 bits per heavy atom. The normalized spacial score (nSPS) is 14.8. The van der Waals surface area contributed by atoms with E-state index >= 15 is 0 Å². The Hall–Kier alpha value is -3.39. The van der Waals surface area contributed by atoms with Crippen LogP contribution in [-0.2, 0) is 18.0 Å². The second kappa shape index (κ2) is 9.62. The molecule has 170 valence electrons. The van der Waals surface area contributed by atoms with Gasteiger partial charge < -0.3 is 19.2 Å². The first-order valence-electron chi connectivity index (χ1n) is 11.2.